The van der Waals surface area contributed by atoms with Gasteiger partial charge in [-0.25, -0.2) is 0 Å². The van der Waals surface area contributed by atoms with Crippen molar-refractivity contribution < 1.29 is 4.79 Å². The molecule has 22 heavy (non-hydrogen) atoms. The van der Waals surface area contributed by atoms with Gasteiger partial charge in [0, 0.05) is 37.2 Å². The quantitative estimate of drug-likeness (QED) is 0.854. The molecule has 1 heterocycles. The van der Waals surface area contributed by atoms with Crippen LogP contribution in [0.3, 0.4) is 0 Å². The molecule has 0 bridgehead atoms. The molecule has 0 fully saturated rings. The normalized spacial score (nSPS) is 12.1. The van der Waals surface area contributed by atoms with E-state index in [-0.39, 0.29) is 11.9 Å². The topological polar surface area (TPSA) is 71.2 Å². The van der Waals surface area contributed by atoms with Crippen LogP contribution in [0.2, 0.25) is 0 Å². The van der Waals surface area contributed by atoms with Crippen molar-refractivity contribution in [2.75, 3.05) is 19.3 Å². The zero-order valence-electron chi connectivity index (χ0n) is 13.0. The van der Waals surface area contributed by atoms with Gasteiger partial charge in [-0.05, 0) is 25.6 Å². The largest absolute Gasteiger partial charge is 0.398 e. The summed E-state index contributed by atoms with van der Waals surface area (Å²) in [6.45, 7) is 3.57. The van der Waals surface area contributed by atoms with Crippen LogP contribution < -0.4 is 11.1 Å². The molecule has 0 aliphatic heterocycles. The van der Waals surface area contributed by atoms with Crippen LogP contribution in [0.1, 0.15) is 22.8 Å². The summed E-state index contributed by atoms with van der Waals surface area (Å²) in [5.74, 6) is -0.189. The molecule has 116 valence electrons. The lowest BCUT2D eigenvalue weighted by Crippen LogP contribution is -2.40. The van der Waals surface area contributed by atoms with Gasteiger partial charge < -0.3 is 16.0 Å². The Kier molecular flexibility index (Phi) is 5.49. The molecule has 0 saturated heterocycles. The molecular formula is C17H22N4O. The molecule has 1 atom stereocenters. The Morgan fingerprint density at radius 2 is 2.05 bits per heavy atom. The number of amides is 1. The molecule has 0 saturated carbocycles. The zero-order valence-corrected chi connectivity index (χ0v) is 13.0. The smallest absolute Gasteiger partial charge is 0.255 e. The molecule has 2 rings (SSSR count). The van der Waals surface area contributed by atoms with E-state index in [1.54, 1.807) is 12.3 Å². The first-order valence-electron chi connectivity index (χ1n) is 7.29. The maximum absolute atomic E-state index is 12.2. The zero-order chi connectivity index (χ0) is 15.9. The van der Waals surface area contributed by atoms with Crippen LogP contribution in [0.25, 0.3) is 0 Å². The summed E-state index contributed by atoms with van der Waals surface area (Å²) < 4.78 is 0. The van der Waals surface area contributed by atoms with Crippen LogP contribution in [0.4, 0.5) is 5.69 Å². The van der Waals surface area contributed by atoms with Crippen LogP contribution in [0.5, 0.6) is 0 Å². The molecule has 1 aromatic heterocycles. The number of pyridine rings is 1. The van der Waals surface area contributed by atoms with Gasteiger partial charge in [0.25, 0.3) is 5.91 Å². The predicted molar refractivity (Wildman–Crippen MR) is 88.4 cm³/mol. The van der Waals surface area contributed by atoms with Crippen LogP contribution in [-0.2, 0) is 6.54 Å². The van der Waals surface area contributed by atoms with Gasteiger partial charge in [-0.2, -0.15) is 0 Å². The molecule has 3 N–H and O–H groups in total. The minimum absolute atomic E-state index is 0.0146. The molecule has 0 aliphatic carbocycles. The molecule has 1 aromatic carbocycles. The third kappa shape index (κ3) is 4.56. The first kappa shape index (κ1) is 16.0. The highest BCUT2D eigenvalue weighted by Crippen LogP contribution is 2.09. The average molecular weight is 298 g/mol. The summed E-state index contributed by atoms with van der Waals surface area (Å²) >= 11 is 0. The Morgan fingerprint density at radius 3 is 2.73 bits per heavy atom. The van der Waals surface area contributed by atoms with E-state index in [9.17, 15) is 4.79 Å². The number of nitrogens with two attached hydrogens (primary N) is 1. The summed E-state index contributed by atoms with van der Waals surface area (Å²) in [5.41, 5.74) is 7.90. The van der Waals surface area contributed by atoms with Crippen molar-refractivity contribution in [3.63, 3.8) is 0 Å². The number of hydrogen-bond acceptors (Lipinski definition) is 4. The van der Waals surface area contributed by atoms with Gasteiger partial charge in [-0.3, -0.25) is 9.78 Å². The molecule has 5 nitrogen and oxygen atoms in total. The molecule has 0 spiro atoms. The Morgan fingerprint density at radius 1 is 1.32 bits per heavy atom. The number of carbonyl (C=O) groups is 1. The highest BCUT2D eigenvalue weighted by Gasteiger charge is 2.14. The predicted octanol–water partition coefficient (Wildman–Crippen LogP) is 1.91. The SMILES string of the molecule is CC(CN(C)Cc1ccccc1)NC(=O)c1cnccc1N. The summed E-state index contributed by atoms with van der Waals surface area (Å²) in [7, 11) is 2.04. The number of likely N-dealkylation sites (N-methyl/N-ethyl adjacent to an activating group) is 1. The van der Waals surface area contributed by atoms with E-state index >= 15 is 0 Å². The fraction of sp³-hybridized carbons (Fsp3) is 0.294. The third-order valence-corrected chi connectivity index (χ3v) is 3.36. The molecule has 1 amide bonds. The van der Waals surface area contributed by atoms with Crippen LogP contribution >= 0.6 is 0 Å². The number of carbonyl (C=O) groups excluding carboxylic acids is 1. The van der Waals surface area contributed by atoms with Crippen molar-refractivity contribution in [2.24, 2.45) is 0 Å². The van der Waals surface area contributed by atoms with Crippen molar-refractivity contribution in [1.29, 1.82) is 0 Å². The second-order valence-corrected chi connectivity index (χ2v) is 5.52. The number of nitrogens with one attached hydrogen (secondary N) is 1. The van der Waals surface area contributed by atoms with Crippen LogP contribution in [0, 0.1) is 0 Å². The third-order valence-electron chi connectivity index (χ3n) is 3.36. The maximum Gasteiger partial charge on any atom is 0.255 e. The number of nitrogens with zero attached hydrogens (tertiary/aromatic N) is 2. The Labute approximate surface area is 131 Å². The number of anilines is 1. The number of nitrogen functional groups attached to an aromatic ring is 1. The fourth-order valence-electron chi connectivity index (χ4n) is 2.37. The fourth-order valence-corrected chi connectivity index (χ4v) is 2.37. The second-order valence-electron chi connectivity index (χ2n) is 5.52. The van der Waals surface area contributed by atoms with E-state index in [0.717, 1.165) is 13.1 Å². The first-order chi connectivity index (χ1) is 10.6. The molecule has 2 aromatic rings. The van der Waals surface area contributed by atoms with Gasteiger partial charge in [0.15, 0.2) is 0 Å². The lowest BCUT2D eigenvalue weighted by molar-refractivity contribution is 0.0932. The Hall–Kier alpha value is -2.40. The van der Waals surface area contributed by atoms with Crippen molar-refractivity contribution >= 4 is 11.6 Å². The summed E-state index contributed by atoms with van der Waals surface area (Å²) in [6, 6.07) is 11.9. The van der Waals surface area contributed by atoms with E-state index < -0.39 is 0 Å². The lowest BCUT2D eigenvalue weighted by Gasteiger charge is -2.22. The molecular weight excluding hydrogens is 276 g/mol. The number of aromatic nitrogens is 1. The number of hydrogen-bond donors (Lipinski definition) is 2. The van der Waals surface area contributed by atoms with Gasteiger partial charge in [-0.15, -0.1) is 0 Å². The van der Waals surface area contributed by atoms with E-state index in [1.165, 1.54) is 11.8 Å². The highest BCUT2D eigenvalue weighted by molar-refractivity contribution is 5.98. The van der Waals surface area contributed by atoms with E-state index in [0.29, 0.717) is 11.3 Å². The number of rotatable bonds is 6. The van der Waals surface area contributed by atoms with E-state index in [1.807, 2.05) is 32.2 Å². The van der Waals surface area contributed by atoms with Crippen LogP contribution in [-0.4, -0.2) is 35.4 Å². The van der Waals surface area contributed by atoms with Gasteiger partial charge in [-0.1, -0.05) is 30.3 Å². The van der Waals surface area contributed by atoms with Gasteiger partial charge in [0.05, 0.1) is 5.56 Å². The number of benzene rings is 1. The van der Waals surface area contributed by atoms with Crippen LogP contribution in [0.15, 0.2) is 48.8 Å². The highest BCUT2D eigenvalue weighted by atomic mass is 16.1. The summed E-state index contributed by atoms with van der Waals surface area (Å²) in [6.07, 6.45) is 3.06. The minimum Gasteiger partial charge on any atom is -0.398 e. The molecule has 1 unspecified atom stereocenters. The Balaban J connectivity index is 1.86. The minimum atomic E-state index is -0.189. The van der Waals surface area contributed by atoms with E-state index in [4.69, 9.17) is 5.73 Å². The Bertz CT molecular complexity index is 615. The second kappa shape index (κ2) is 7.56. The molecule has 0 radical (unpaired) electrons. The standard InChI is InChI=1S/C17H22N4O/c1-13(11-21(2)12-14-6-4-3-5-7-14)20-17(22)15-10-19-9-8-16(15)18/h3-10,13H,11-12H2,1-2H3,(H2,18,19)(H,20,22). The monoisotopic (exact) mass is 298 g/mol. The van der Waals surface area contributed by atoms with Crippen molar-refractivity contribution in [3.8, 4) is 0 Å². The molecule has 5 heteroatoms. The molecule has 0 aliphatic rings. The van der Waals surface area contributed by atoms with Crippen molar-refractivity contribution in [1.82, 2.24) is 15.2 Å². The summed E-state index contributed by atoms with van der Waals surface area (Å²) in [5, 5.41) is 2.95. The first-order valence-corrected chi connectivity index (χ1v) is 7.29. The van der Waals surface area contributed by atoms with Crippen molar-refractivity contribution in [2.45, 2.75) is 19.5 Å². The summed E-state index contributed by atoms with van der Waals surface area (Å²) in [4.78, 5) is 18.3. The van der Waals surface area contributed by atoms with Gasteiger partial charge in [0.2, 0.25) is 0 Å². The maximum atomic E-state index is 12.2. The average Bonchev–Trinajstić information content (AvgIpc) is 2.48. The lowest BCUT2D eigenvalue weighted by atomic mass is 10.2. The van der Waals surface area contributed by atoms with Gasteiger partial charge in [0.1, 0.15) is 0 Å². The van der Waals surface area contributed by atoms with Gasteiger partial charge >= 0.3 is 0 Å². The van der Waals surface area contributed by atoms with E-state index in [2.05, 4.69) is 27.3 Å². The van der Waals surface area contributed by atoms with Crippen molar-refractivity contribution in [3.05, 3.63) is 59.9 Å².